The Bertz CT molecular complexity index is 1030. The fourth-order valence-corrected chi connectivity index (χ4v) is 4.92. The number of nitrogens with zero attached hydrogens (tertiary/aromatic N) is 2. The van der Waals surface area contributed by atoms with E-state index in [4.69, 9.17) is 0 Å². The Kier molecular flexibility index (Phi) is 4.91. The molecule has 4 rings (SSSR count). The molecule has 1 aliphatic carbocycles. The summed E-state index contributed by atoms with van der Waals surface area (Å²) in [4.78, 5) is 28.2. The number of para-hydroxylation sites is 1. The van der Waals surface area contributed by atoms with Crippen LogP contribution in [-0.2, 0) is 16.9 Å². The Balaban J connectivity index is 1.55. The molecule has 7 nitrogen and oxygen atoms in total. The number of rotatable bonds is 3. The van der Waals surface area contributed by atoms with E-state index in [0.717, 1.165) is 41.8 Å². The van der Waals surface area contributed by atoms with E-state index >= 15 is 0 Å². The van der Waals surface area contributed by atoms with Crippen molar-refractivity contribution in [3.05, 3.63) is 41.1 Å². The number of fused-ring (bicyclic) bond motifs is 1. The first kappa shape index (κ1) is 21.4. The zero-order chi connectivity index (χ0) is 22.6. The zero-order valence-corrected chi connectivity index (χ0v) is 19.3. The number of urea groups is 1. The van der Waals surface area contributed by atoms with Crippen LogP contribution in [0.25, 0.3) is 0 Å². The molecule has 7 heteroatoms. The van der Waals surface area contributed by atoms with Gasteiger partial charge in [-0.2, -0.15) is 5.10 Å². The minimum Gasteiger partial charge on any atom is -0.309 e. The molecule has 1 saturated carbocycles. The Morgan fingerprint density at radius 3 is 2.39 bits per heavy atom. The molecule has 1 fully saturated rings. The highest BCUT2D eigenvalue weighted by Gasteiger charge is 2.53. The third-order valence-corrected chi connectivity index (χ3v) is 7.41. The van der Waals surface area contributed by atoms with Crippen LogP contribution in [0.4, 0.5) is 16.3 Å². The van der Waals surface area contributed by atoms with E-state index in [1.54, 1.807) is 4.90 Å². The molecule has 166 valence electrons. The highest BCUT2D eigenvalue weighted by molar-refractivity contribution is 5.97. The van der Waals surface area contributed by atoms with E-state index in [2.05, 4.69) is 41.6 Å². The van der Waals surface area contributed by atoms with E-state index in [0.29, 0.717) is 12.4 Å². The van der Waals surface area contributed by atoms with Gasteiger partial charge in [-0.1, -0.05) is 45.4 Å². The lowest BCUT2D eigenvalue weighted by Gasteiger charge is -2.49. The van der Waals surface area contributed by atoms with Crippen molar-refractivity contribution in [1.29, 1.82) is 0 Å². The van der Waals surface area contributed by atoms with Crippen molar-refractivity contribution in [2.75, 3.05) is 10.6 Å². The summed E-state index contributed by atoms with van der Waals surface area (Å²) >= 11 is 0. The number of carbonyl (C=O) groups excluding carboxylic acids is 2. The molecule has 1 aliphatic heterocycles. The second-order valence-electron chi connectivity index (χ2n) is 10.5. The molecule has 2 aliphatic rings. The minimum atomic E-state index is -0.573. The second-order valence-corrected chi connectivity index (χ2v) is 10.5. The van der Waals surface area contributed by atoms with Crippen LogP contribution in [0.1, 0.15) is 70.7 Å². The molecule has 0 spiro atoms. The summed E-state index contributed by atoms with van der Waals surface area (Å²) in [6.45, 7) is 12.7. The lowest BCUT2D eigenvalue weighted by atomic mass is 9.54. The molecular weight excluding hydrogens is 390 g/mol. The maximum absolute atomic E-state index is 13.3. The molecule has 0 atom stereocenters. The summed E-state index contributed by atoms with van der Waals surface area (Å²) in [5, 5.41) is 13.6. The van der Waals surface area contributed by atoms with Gasteiger partial charge in [0.1, 0.15) is 0 Å². The normalized spacial score (nSPS) is 18.8. The number of benzene rings is 1. The molecule has 0 radical (unpaired) electrons. The molecule has 0 saturated heterocycles. The number of amides is 3. The third kappa shape index (κ3) is 3.30. The van der Waals surface area contributed by atoms with Gasteiger partial charge in [-0.3, -0.25) is 9.89 Å². The molecule has 1 aromatic carbocycles. The maximum Gasteiger partial charge on any atom is 0.322 e. The van der Waals surface area contributed by atoms with Gasteiger partial charge in [0.2, 0.25) is 5.91 Å². The zero-order valence-electron chi connectivity index (χ0n) is 19.3. The van der Waals surface area contributed by atoms with Crippen LogP contribution < -0.4 is 10.6 Å². The van der Waals surface area contributed by atoms with Crippen molar-refractivity contribution >= 4 is 23.4 Å². The molecule has 0 bridgehead atoms. The maximum atomic E-state index is 13.3. The van der Waals surface area contributed by atoms with Crippen LogP contribution in [0.15, 0.2) is 24.3 Å². The first-order chi connectivity index (χ1) is 14.5. The van der Waals surface area contributed by atoms with Gasteiger partial charge in [-0.15, -0.1) is 0 Å². The summed E-state index contributed by atoms with van der Waals surface area (Å²) in [6, 6.07) is 7.54. The molecule has 3 N–H and O–H groups in total. The Labute approximate surface area is 184 Å². The lowest BCUT2D eigenvalue weighted by Crippen LogP contribution is -2.51. The van der Waals surface area contributed by atoms with Crippen molar-refractivity contribution < 1.29 is 9.59 Å². The lowest BCUT2D eigenvalue weighted by molar-refractivity contribution is -0.139. The van der Waals surface area contributed by atoms with Gasteiger partial charge in [0.15, 0.2) is 5.82 Å². The largest absolute Gasteiger partial charge is 0.322 e. The van der Waals surface area contributed by atoms with Crippen LogP contribution >= 0.6 is 0 Å². The molecule has 3 amide bonds. The molecule has 1 aromatic heterocycles. The Morgan fingerprint density at radius 1 is 1.13 bits per heavy atom. The average Bonchev–Trinajstić information content (AvgIpc) is 3.13. The van der Waals surface area contributed by atoms with Gasteiger partial charge in [-0.25, -0.2) is 4.79 Å². The first-order valence-corrected chi connectivity index (χ1v) is 11.0. The predicted octanol–water partition coefficient (Wildman–Crippen LogP) is 5.16. The third-order valence-electron chi connectivity index (χ3n) is 7.41. The Hall–Kier alpha value is -2.83. The van der Waals surface area contributed by atoms with Crippen LogP contribution in [0.2, 0.25) is 0 Å². The summed E-state index contributed by atoms with van der Waals surface area (Å²) < 4.78 is 0. The number of aryl methyl sites for hydroxylation is 1. The van der Waals surface area contributed by atoms with Gasteiger partial charge >= 0.3 is 6.03 Å². The minimum absolute atomic E-state index is 0.0289. The number of aromatic amines is 1. The van der Waals surface area contributed by atoms with Gasteiger partial charge < -0.3 is 15.5 Å². The van der Waals surface area contributed by atoms with Gasteiger partial charge in [0, 0.05) is 11.3 Å². The van der Waals surface area contributed by atoms with Crippen molar-refractivity contribution in [2.45, 2.75) is 72.9 Å². The Morgan fingerprint density at radius 2 is 1.81 bits per heavy atom. The smallest absolute Gasteiger partial charge is 0.309 e. The number of aromatic nitrogens is 2. The van der Waals surface area contributed by atoms with Crippen LogP contribution in [0.5, 0.6) is 0 Å². The number of hydrogen-bond acceptors (Lipinski definition) is 3. The topological polar surface area (TPSA) is 90.1 Å². The average molecular weight is 424 g/mol. The summed E-state index contributed by atoms with van der Waals surface area (Å²) in [5.74, 6) is 0.566. The highest BCUT2D eigenvalue weighted by atomic mass is 16.2. The SMILES string of the molecule is Cc1ccccc1NC(=O)N1Cc2c(NC(=O)C3(C(C)(C)C)CCC3)n[nH]c2C1(C)C. The summed E-state index contributed by atoms with van der Waals surface area (Å²) in [5.41, 5.74) is 2.48. The van der Waals surface area contributed by atoms with Gasteiger partial charge in [-0.05, 0) is 50.7 Å². The van der Waals surface area contributed by atoms with Gasteiger partial charge in [0.05, 0.1) is 23.2 Å². The van der Waals surface area contributed by atoms with E-state index in [1.807, 2.05) is 45.0 Å². The summed E-state index contributed by atoms with van der Waals surface area (Å²) in [6.07, 6.45) is 2.86. The predicted molar refractivity (Wildman–Crippen MR) is 122 cm³/mol. The first-order valence-electron chi connectivity index (χ1n) is 11.0. The fraction of sp³-hybridized carbons (Fsp3) is 0.542. The molecule has 31 heavy (non-hydrogen) atoms. The molecule has 0 unspecified atom stereocenters. The molecule has 2 aromatic rings. The fourth-order valence-electron chi connectivity index (χ4n) is 4.92. The number of anilines is 2. The summed E-state index contributed by atoms with van der Waals surface area (Å²) in [7, 11) is 0. The highest BCUT2D eigenvalue weighted by Crippen LogP contribution is 2.54. The van der Waals surface area contributed by atoms with Crippen LogP contribution in [-0.4, -0.2) is 27.0 Å². The number of carbonyl (C=O) groups is 2. The number of hydrogen-bond donors (Lipinski definition) is 3. The monoisotopic (exact) mass is 423 g/mol. The van der Waals surface area contributed by atoms with E-state index in [9.17, 15) is 9.59 Å². The second kappa shape index (κ2) is 7.11. The van der Waals surface area contributed by atoms with Crippen molar-refractivity contribution in [3.8, 4) is 0 Å². The van der Waals surface area contributed by atoms with E-state index in [1.165, 1.54) is 0 Å². The van der Waals surface area contributed by atoms with Crippen molar-refractivity contribution in [1.82, 2.24) is 15.1 Å². The van der Waals surface area contributed by atoms with Crippen LogP contribution in [0.3, 0.4) is 0 Å². The molecule has 2 heterocycles. The van der Waals surface area contributed by atoms with Crippen molar-refractivity contribution in [2.24, 2.45) is 10.8 Å². The molecular formula is C24H33N5O2. The van der Waals surface area contributed by atoms with E-state index < -0.39 is 5.54 Å². The number of nitrogens with one attached hydrogen (secondary N) is 3. The van der Waals surface area contributed by atoms with Crippen LogP contribution in [0, 0.1) is 17.8 Å². The van der Waals surface area contributed by atoms with Crippen molar-refractivity contribution in [3.63, 3.8) is 0 Å². The standard InChI is InChI=1S/C24H33N5O2/c1-15-10-7-8-11-17(15)25-21(31)29-14-16-18(23(29,5)6)27-28-19(16)26-20(30)24(12-9-13-24)22(2,3)4/h7-8,10-11H,9,12-14H2,1-6H3,(H,25,31)(H2,26,27,28,30). The number of H-pyrrole nitrogens is 1. The van der Waals surface area contributed by atoms with Gasteiger partial charge in [0.25, 0.3) is 0 Å². The van der Waals surface area contributed by atoms with E-state index in [-0.39, 0.29) is 22.8 Å². The quantitative estimate of drug-likeness (QED) is 0.637.